The van der Waals surface area contributed by atoms with E-state index >= 15 is 0 Å². The van der Waals surface area contributed by atoms with E-state index in [2.05, 4.69) is 22.6 Å². The Morgan fingerprint density at radius 3 is 2.40 bits per heavy atom. The van der Waals surface area contributed by atoms with Gasteiger partial charge in [-0.3, -0.25) is 4.18 Å². The highest BCUT2D eigenvalue weighted by atomic mass is 127. The third-order valence-electron chi connectivity index (χ3n) is 2.69. The molecule has 0 atom stereocenters. The number of hydrogen-bond acceptors (Lipinski definition) is 3. The number of rotatable bonds is 4. The minimum Gasteiger partial charge on any atom is -0.261 e. The Kier molecular flexibility index (Phi) is 5.06. The van der Waals surface area contributed by atoms with Crippen molar-refractivity contribution in [3.63, 3.8) is 0 Å². The fourth-order valence-corrected chi connectivity index (χ4v) is 3.35. The molecule has 20 heavy (non-hydrogen) atoms. The number of halogens is 2. The third kappa shape index (κ3) is 3.94. The molecular weight excluding hydrogens is 411 g/mol. The molecule has 0 saturated heterocycles. The summed E-state index contributed by atoms with van der Waals surface area (Å²) in [5.41, 5.74) is 1.63. The molecule has 0 aliphatic heterocycles. The van der Waals surface area contributed by atoms with Crippen LogP contribution >= 0.6 is 34.2 Å². The molecule has 0 saturated carbocycles. The Balaban J connectivity index is 2.15. The molecule has 0 radical (unpaired) electrons. The van der Waals surface area contributed by atoms with Crippen LogP contribution in [-0.2, 0) is 20.9 Å². The Bertz CT molecular complexity index is 712. The normalized spacial score (nSPS) is 11.6. The van der Waals surface area contributed by atoms with E-state index in [1.165, 1.54) is 12.1 Å². The van der Waals surface area contributed by atoms with Crippen molar-refractivity contribution in [2.45, 2.75) is 18.4 Å². The Hall–Kier alpha value is -0.630. The molecule has 6 heteroatoms. The molecule has 2 aromatic rings. The molecule has 0 amide bonds. The molecular formula is C14H12ClIO3S. The van der Waals surface area contributed by atoms with Gasteiger partial charge in [-0.05, 0) is 59.3 Å². The van der Waals surface area contributed by atoms with Crippen molar-refractivity contribution in [3.05, 3.63) is 62.2 Å². The maximum absolute atomic E-state index is 12.0. The summed E-state index contributed by atoms with van der Waals surface area (Å²) in [5, 5.41) is 0.496. The van der Waals surface area contributed by atoms with Crippen molar-refractivity contribution < 1.29 is 12.6 Å². The lowest BCUT2D eigenvalue weighted by Gasteiger charge is -2.07. The number of hydrogen-bond donors (Lipinski definition) is 0. The van der Waals surface area contributed by atoms with Crippen LogP contribution in [0.2, 0.25) is 5.02 Å². The minimum absolute atomic E-state index is 0.0774. The van der Waals surface area contributed by atoms with E-state index < -0.39 is 10.1 Å². The van der Waals surface area contributed by atoms with Crippen LogP contribution in [0.1, 0.15) is 11.1 Å². The van der Waals surface area contributed by atoms with Crippen LogP contribution in [0.15, 0.2) is 47.4 Å². The van der Waals surface area contributed by atoms with Gasteiger partial charge in [-0.2, -0.15) is 8.42 Å². The first-order chi connectivity index (χ1) is 9.38. The smallest absolute Gasteiger partial charge is 0.261 e. The van der Waals surface area contributed by atoms with Gasteiger partial charge in [-0.25, -0.2) is 0 Å². The molecule has 0 bridgehead atoms. The summed E-state index contributed by atoms with van der Waals surface area (Å²) in [5.74, 6) is 0. The second-order valence-corrected chi connectivity index (χ2v) is 7.53. The van der Waals surface area contributed by atoms with Gasteiger partial charge in [-0.15, -0.1) is 0 Å². The predicted molar refractivity (Wildman–Crippen MR) is 87.3 cm³/mol. The van der Waals surface area contributed by atoms with Gasteiger partial charge in [0.15, 0.2) is 0 Å². The van der Waals surface area contributed by atoms with E-state index in [1.807, 2.05) is 13.0 Å². The van der Waals surface area contributed by atoms with Gasteiger partial charge in [0.05, 0.1) is 11.5 Å². The lowest BCUT2D eigenvalue weighted by Crippen LogP contribution is -2.06. The van der Waals surface area contributed by atoms with Gasteiger partial charge in [0.2, 0.25) is 0 Å². The van der Waals surface area contributed by atoms with E-state index in [9.17, 15) is 8.42 Å². The summed E-state index contributed by atoms with van der Waals surface area (Å²) in [6.07, 6.45) is 0. The third-order valence-corrected chi connectivity index (χ3v) is 4.99. The van der Waals surface area contributed by atoms with Gasteiger partial charge >= 0.3 is 0 Å². The monoisotopic (exact) mass is 422 g/mol. The quantitative estimate of drug-likeness (QED) is 0.549. The van der Waals surface area contributed by atoms with E-state index in [-0.39, 0.29) is 11.5 Å². The van der Waals surface area contributed by atoms with Crippen molar-refractivity contribution in [1.29, 1.82) is 0 Å². The van der Waals surface area contributed by atoms with Crippen LogP contribution in [0.5, 0.6) is 0 Å². The fraction of sp³-hybridized carbons (Fsp3) is 0.143. The van der Waals surface area contributed by atoms with Gasteiger partial charge in [0, 0.05) is 8.59 Å². The first-order valence-electron chi connectivity index (χ1n) is 5.78. The van der Waals surface area contributed by atoms with Crippen LogP contribution < -0.4 is 0 Å². The lowest BCUT2D eigenvalue weighted by atomic mass is 10.2. The van der Waals surface area contributed by atoms with Crippen LogP contribution in [0.4, 0.5) is 0 Å². The van der Waals surface area contributed by atoms with Gasteiger partial charge in [-0.1, -0.05) is 35.4 Å². The van der Waals surface area contributed by atoms with Gasteiger partial charge in [0.1, 0.15) is 0 Å². The van der Waals surface area contributed by atoms with E-state index in [0.717, 1.165) is 9.13 Å². The Labute approximate surface area is 137 Å². The van der Waals surface area contributed by atoms with Gasteiger partial charge in [0.25, 0.3) is 10.1 Å². The zero-order valence-corrected chi connectivity index (χ0v) is 14.4. The minimum atomic E-state index is -3.76. The van der Waals surface area contributed by atoms with E-state index in [1.54, 1.807) is 24.3 Å². The van der Waals surface area contributed by atoms with Crippen LogP contribution in [0, 0.1) is 10.5 Å². The topological polar surface area (TPSA) is 43.4 Å². The highest BCUT2D eigenvalue weighted by molar-refractivity contribution is 14.1. The fourth-order valence-electron chi connectivity index (χ4n) is 1.55. The molecule has 2 rings (SSSR count). The summed E-state index contributed by atoms with van der Waals surface area (Å²) < 4.78 is 30.1. The highest BCUT2D eigenvalue weighted by Crippen LogP contribution is 2.22. The van der Waals surface area contributed by atoms with Crippen LogP contribution in [0.25, 0.3) is 0 Å². The maximum atomic E-state index is 12.0. The summed E-state index contributed by atoms with van der Waals surface area (Å²) in [4.78, 5) is 0.143. The number of aryl methyl sites for hydroxylation is 1. The molecule has 3 nitrogen and oxygen atoms in total. The van der Waals surface area contributed by atoms with E-state index in [4.69, 9.17) is 15.8 Å². The largest absolute Gasteiger partial charge is 0.297 e. The molecule has 0 fully saturated rings. The molecule has 0 heterocycles. The Morgan fingerprint density at radius 1 is 1.15 bits per heavy atom. The zero-order chi connectivity index (χ0) is 14.8. The summed E-state index contributed by atoms with van der Waals surface area (Å²) in [6.45, 7) is 1.81. The summed E-state index contributed by atoms with van der Waals surface area (Å²) >= 11 is 8.18. The van der Waals surface area contributed by atoms with Crippen molar-refractivity contribution >= 4 is 44.3 Å². The second-order valence-electron chi connectivity index (χ2n) is 4.27. The standard InChI is InChI=1S/C14H12ClIO3S/c1-10-2-6-13(7-3-10)20(17,18)19-9-11-4-5-12(16)8-14(11)15/h2-8H,9H2,1H3. The van der Waals surface area contributed by atoms with Crippen molar-refractivity contribution in [3.8, 4) is 0 Å². The second kappa shape index (κ2) is 6.43. The van der Waals surface area contributed by atoms with Crippen LogP contribution in [-0.4, -0.2) is 8.42 Å². The highest BCUT2D eigenvalue weighted by Gasteiger charge is 2.15. The molecule has 0 aromatic heterocycles. The molecule has 2 aromatic carbocycles. The average molecular weight is 423 g/mol. The Morgan fingerprint density at radius 2 is 1.80 bits per heavy atom. The summed E-state index contributed by atoms with van der Waals surface area (Å²) in [7, 11) is -3.76. The molecule has 106 valence electrons. The molecule has 0 unspecified atom stereocenters. The molecule has 0 aliphatic rings. The van der Waals surface area contributed by atoms with Crippen molar-refractivity contribution in [1.82, 2.24) is 0 Å². The first-order valence-corrected chi connectivity index (χ1v) is 8.65. The number of benzene rings is 2. The van der Waals surface area contributed by atoms with Gasteiger partial charge < -0.3 is 0 Å². The first kappa shape index (κ1) is 15.8. The molecule has 0 aliphatic carbocycles. The zero-order valence-electron chi connectivity index (χ0n) is 10.6. The maximum Gasteiger partial charge on any atom is 0.297 e. The molecule has 0 N–H and O–H groups in total. The lowest BCUT2D eigenvalue weighted by molar-refractivity contribution is 0.308. The average Bonchev–Trinajstić information content (AvgIpc) is 2.38. The molecule has 0 spiro atoms. The van der Waals surface area contributed by atoms with Crippen molar-refractivity contribution in [2.75, 3.05) is 0 Å². The SMILES string of the molecule is Cc1ccc(S(=O)(=O)OCc2ccc(I)cc2Cl)cc1. The van der Waals surface area contributed by atoms with Crippen molar-refractivity contribution in [2.24, 2.45) is 0 Å². The predicted octanol–water partition coefficient (Wildman–Crippen LogP) is 4.16. The summed E-state index contributed by atoms with van der Waals surface area (Å²) in [6, 6.07) is 11.9. The van der Waals surface area contributed by atoms with E-state index in [0.29, 0.717) is 10.6 Å². The van der Waals surface area contributed by atoms with Crippen LogP contribution in [0.3, 0.4) is 0 Å².